The van der Waals surface area contributed by atoms with E-state index in [4.69, 9.17) is 9.47 Å². The molecule has 1 aromatic heterocycles. The van der Waals surface area contributed by atoms with Crippen LogP contribution in [0.25, 0.3) is 0 Å². The predicted molar refractivity (Wildman–Crippen MR) is 105 cm³/mol. The molecule has 0 aliphatic carbocycles. The Hall–Kier alpha value is -2.44. The fourth-order valence-corrected chi connectivity index (χ4v) is 3.30. The highest BCUT2D eigenvalue weighted by Gasteiger charge is 2.39. The lowest BCUT2D eigenvalue weighted by atomic mass is 9.78. The topological polar surface area (TPSA) is 72.5 Å². The van der Waals surface area contributed by atoms with Crippen LogP contribution in [0.5, 0.6) is 11.6 Å². The van der Waals surface area contributed by atoms with Crippen molar-refractivity contribution in [2.75, 3.05) is 32.1 Å². The molecule has 0 saturated carbocycles. The number of methoxy groups -OCH3 is 1. The lowest BCUT2D eigenvalue weighted by Crippen LogP contribution is -2.47. The van der Waals surface area contributed by atoms with Gasteiger partial charge in [0.15, 0.2) is 0 Å². The zero-order valence-corrected chi connectivity index (χ0v) is 16.2. The summed E-state index contributed by atoms with van der Waals surface area (Å²) < 4.78 is 11.1. The minimum Gasteiger partial charge on any atom is -0.439 e. The van der Waals surface area contributed by atoms with E-state index >= 15 is 0 Å². The van der Waals surface area contributed by atoms with Crippen LogP contribution < -0.4 is 15.4 Å². The maximum absolute atomic E-state index is 12.8. The molecule has 1 saturated heterocycles. The zero-order chi connectivity index (χ0) is 19.3. The average Bonchev–Trinajstić information content (AvgIpc) is 2.67. The normalized spacial score (nSPS) is 16.0. The molecule has 1 amide bonds. The van der Waals surface area contributed by atoms with Crippen LogP contribution in [0.15, 0.2) is 36.5 Å². The number of rotatable bonds is 6. The molecule has 0 spiro atoms. The molecule has 2 N–H and O–H groups in total. The number of nitrogens with one attached hydrogen (secondary N) is 2. The number of piperidine rings is 1. The summed E-state index contributed by atoms with van der Waals surface area (Å²) in [4.78, 5) is 17.2. The molecule has 1 aliphatic heterocycles. The van der Waals surface area contributed by atoms with E-state index in [2.05, 4.69) is 22.5 Å². The molecule has 1 fully saturated rings. The molecule has 2 aromatic rings. The molecule has 0 atom stereocenters. The first-order valence-corrected chi connectivity index (χ1v) is 9.25. The highest BCUT2D eigenvalue weighted by molar-refractivity contribution is 5.95. The van der Waals surface area contributed by atoms with Gasteiger partial charge in [-0.15, -0.1) is 0 Å². The molecule has 6 nitrogen and oxygen atoms in total. The Bertz CT molecular complexity index is 778. The van der Waals surface area contributed by atoms with Gasteiger partial charge in [0.2, 0.25) is 11.8 Å². The van der Waals surface area contributed by atoms with Crippen molar-refractivity contribution in [3.05, 3.63) is 47.7 Å². The van der Waals surface area contributed by atoms with Gasteiger partial charge in [-0.25, -0.2) is 4.98 Å². The molecular formula is C21H27N3O3. The maximum Gasteiger partial charge on any atom is 0.233 e. The average molecular weight is 369 g/mol. The lowest BCUT2D eigenvalue weighted by Gasteiger charge is -2.35. The molecule has 1 aliphatic rings. The van der Waals surface area contributed by atoms with Crippen LogP contribution in [-0.2, 0) is 9.53 Å². The van der Waals surface area contributed by atoms with Gasteiger partial charge >= 0.3 is 0 Å². The van der Waals surface area contributed by atoms with Crippen molar-refractivity contribution in [2.24, 2.45) is 5.41 Å². The van der Waals surface area contributed by atoms with Gasteiger partial charge in [-0.1, -0.05) is 6.07 Å². The van der Waals surface area contributed by atoms with Gasteiger partial charge in [-0.05, 0) is 69.1 Å². The first-order valence-electron chi connectivity index (χ1n) is 9.25. The standard InChI is InChI=1S/C21H27N3O3/c1-15-4-6-18(12-16(15)2)27-19-7-5-17(13-23-19)24-20(25)21(14-26-3)8-10-22-11-9-21/h4-7,12-13,22H,8-11,14H2,1-3H3,(H,24,25). The quantitative estimate of drug-likeness (QED) is 0.816. The number of aromatic nitrogens is 1. The second-order valence-electron chi connectivity index (χ2n) is 7.15. The van der Waals surface area contributed by atoms with E-state index in [1.165, 1.54) is 11.1 Å². The van der Waals surface area contributed by atoms with Crippen molar-refractivity contribution < 1.29 is 14.3 Å². The minimum atomic E-state index is -0.491. The summed E-state index contributed by atoms with van der Waals surface area (Å²) in [5, 5.41) is 6.27. The van der Waals surface area contributed by atoms with Gasteiger partial charge in [-0.3, -0.25) is 4.79 Å². The van der Waals surface area contributed by atoms with E-state index in [0.29, 0.717) is 18.2 Å². The maximum atomic E-state index is 12.8. The summed E-state index contributed by atoms with van der Waals surface area (Å²) in [6.45, 7) is 6.16. The minimum absolute atomic E-state index is 0.0181. The Morgan fingerprint density at radius 2 is 1.96 bits per heavy atom. The van der Waals surface area contributed by atoms with Crippen LogP contribution in [-0.4, -0.2) is 37.7 Å². The van der Waals surface area contributed by atoms with Crippen LogP contribution in [0.1, 0.15) is 24.0 Å². The molecule has 0 unspecified atom stereocenters. The Balaban J connectivity index is 1.66. The molecule has 6 heteroatoms. The molecular weight excluding hydrogens is 342 g/mol. The van der Waals surface area contributed by atoms with Crippen molar-refractivity contribution in [2.45, 2.75) is 26.7 Å². The second kappa shape index (κ2) is 8.50. The fourth-order valence-electron chi connectivity index (χ4n) is 3.30. The number of benzene rings is 1. The van der Waals surface area contributed by atoms with Crippen molar-refractivity contribution >= 4 is 11.6 Å². The number of amides is 1. The number of carbonyl (C=O) groups excluding carboxylic acids is 1. The monoisotopic (exact) mass is 369 g/mol. The van der Waals surface area contributed by atoms with E-state index in [1.54, 1.807) is 19.4 Å². The van der Waals surface area contributed by atoms with E-state index in [-0.39, 0.29) is 5.91 Å². The highest BCUT2D eigenvalue weighted by atomic mass is 16.5. The number of nitrogens with zero attached hydrogens (tertiary/aromatic N) is 1. The van der Waals surface area contributed by atoms with Crippen LogP contribution in [0.2, 0.25) is 0 Å². The SMILES string of the molecule is COCC1(C(=O)Nc2ccc(Oc3ccc(C)c(C)c3)nc2)CCNCC1. The largest absolute Gasteiger partial charge is 0.439 e. The van der Waals surface area contributed by atoms with Crippen LogP contribution in [0.3, 0.4) is 0 Å². The molecule has 27 heavy (non-hydrogen) atoms. The Morgan fingerprint density at radius 3 is 2.59 bits per heavy atom. The number of carbonyl (C=O) groups is 1. The number of hydrogen-bond acceptors (Lipinski definition) is 5. The van der Waals surface area contributed by atoms with Crippen molar-refractivity contribution in [3.63, 3.8) is 0 Å². The number of pyridine rings is 1. The molecule has 2 heterocycles. The van der Waals surface area contributed by atoms with Crippen LogP contribution >= 0.6 is 0 Å². The number of hydrogen-bond donors (Lipinski definition) is 2. The predicted octanol–water partition coefficient (Wildman–Crippen LogP) is 3.45. The van der Waals surface area contributed by atoms with Gasteiger partial charge in [0.25, 0.3) is 0 Å². The van der Waals surface area contributed by atoms with Gasteiger partial charge in [0, 0.05) is 13.2 Å². The van der Waals surface area contributed by atoms with Gasteiger partial charge in [0.1, 0.15) is 5.75 Å². The summed E-state index contributed by atoms with van der Waals surface area (Å²) in [7, 11) is 1.64. The lowest BCUT2D eigenvalue weighted by molar-refractivity contribution is -0.130. The number of aryl methyl sites for hydroxylation is 2. The molecule has 1 aromatic carbocycles. The molecule has 144 valence electrons. The first kappa shape index (κ1) is 19.3. The number of ether oxygens (including phenoxy) is 2. The third kappa shape index (κ3) is 4.64. The first-order chi connectivity index (χ1) is 13.0. The van der Waals surface area contributed by atoms with Gasteiger partial charge in [0.05, 0.1) is 23.9 Å². The van der Waals surface area contributed by atoms with Crippen LogP contribution in [0, 0.1) is 19.3 Å². The Morgan fingerprint density at radius 1 is 1.19 bits per heavy atom. The zero-order valence-electron chi connectivity index (χ0n) is 16.2. The summed E-state index contributed by atoms with van der Waals surface area (Å²) >= 11 is 0. The summed E-state index contributed by atoms with van der Waals surface area (Å²) in [6, 6.07) is 9.50. The molecule has 3 rings (SSSR count). The smallest absolute Gasteiger partial charge is 0.233 e. The molecule has 0 bridgehead atoms. The Kier molecular flexibility index (Phi) is 6.08. The Labute approximate surface area is 160 Å². The summed E-state index contributed by atoms with van der Waals surface area (Å²) in [5.74, 6) is 1.22. The van der Waals surface area contributed by atoms with Crippen molar-refractivity contribution in [3.8, 4) is 11.6 Å². The van der Waals surface area contributed by atoms with E-state index in [9.17, 15) is 4.79 Å². The highest BCUT2D eigenvalue weighted by Crippen LogP contribution is 2.31. The van der Waals surface area contributed by atoms with E-state index in [1.807, 2.05) is 31.2 Å². The summed E-state index contributed by atoms with van der Waals surface area (Å²) in [6.07, 6.45) is 3.14. The molecule has 0 radical (unpaired) electrons. The van der Waals surface area contributed by atoms with Gasteiger partial charge < -0.3 is 20.1 Å². The van der Waals surface area contributed by atoms with Crippen molar-refractivity contribution in [1.82, 2.24) is 10.3 Å². The van der Waals surface area contributed by atoms with Crippen molar-refractivity contribution in [1.29, 1.82) is 0 Å². The fraction of sp³-hybridized carbons (Fsp3) is 0.429. The van der Waals surface area contributed by atoms with E-state index < -0.39 is 5.41 Å². The van der Waals surface area contributed by atoms with E-state index in [0.717, 1.165) is 31.7 Å². The third-order valence-corrected chi connectivity index (χ3v) is 5.16. The number of anilines is 1. The van der Waals surface area contributed by atoms with Crippen LogP contribution in [0.4, 0.5) is 5.69 Å². The van der Waals surface area contributed by atoms with Gasteiger partial charge in [-0.2, -0.15) is 0 Å². The summed E-state index contributed by atoms with van der Waals surface area (Å²) in [5.41, 5.74) is 2.55. The second-order valence-corrected chi connectivity index (χ2v) is 7.15. The third-order valence-electron chi connectivity index (χ3n) is 5.16.